The van der Waals surface area contributed by atoms with Crippen molar-refractivity contribution in [1.82, 2.24) is 14.7 Å². The third kappa shape index (κ3) is 6.43. The van der Waals surface area contributed by atoms with Crippen molar-refractivity contribution < 1.29 is 32.3 Å². The predicted molar refractivity (Wildman–Crippen MR) is 126 cm³/mol. The summed E-state index contributed by atoms with van der Waals surface area (Å²) in [4.78, 5) is 26.4. The fourth-order valence-corrected chi connectivity index (χ4v) is 5.56. The number of rotatable bonds is 11. The lowest BCUT2D eigenvalue weighted by Gasteiger charge is -2.34. The van der Waals surface area contributed by atoms with Gasteiger partial charge in [0.2, 0.25) is 15.9 Å². The van der Waals surface area contributed by atoms with Crippen molar-refractivity contribution in [3.05, 3.63) is 66.3 Å². The van der Waals surface area contributed by atoms with Crippen LogP contribution in [0, 0.1) is 12.2 Å². The minimum atomic E-state index is -4.29. The van der Waals surface area contributed by atoms with Crippen LogP contribution in [0.15, 0.2) is 53.4 Å². The van der Waals surface area contributed by atoms with E-state index in [2.05, 4.69) is 6.42 Å². The van der Waals surface area contributed by atoms with Gasteiger partial charge in [0.15, 0.2) is 0 Å². The van der Waals surface area contributed by atoms with E-state index in [1.54, 1.807) is 4.90 Å². The summed E-state index contributed by atoms with van der Waals surface area (Å²) in [6, 6.07) is 10.6. The van der Waals surface area contributed by atoms with Gasteiger partial charge in [0, 0.05) is 26.1 Å². The molecule has 35 heavy (non-hydrogen) atoms. The summed E-state index contributed by atoms with van der Waals surface area (Å²) in [7, 11) is -2.84. The van der Waals surface area contributed by atoms with Crippen molar-refractivity contribution in [3.63, 3.8) is 0 Å². The summed E-state index contributed by atoms with van der Waals surface area (Å²) >= 11 is 0. The van der Waals surface area contributed by atoms with Crippen LogP contribution in [0.5, 0.6) is 5.75 Å². The van der Waals surface area contributed by atoms with Gasteiger partial charge in [0.05, 0.1) is 17.9 Å². The van der Waals surface area contributed by atoms with Crippen molar-refractivity contribution in [3.8, 4) is 5.75 Å². The zero-order valence-corrected chi connectivity index (χ0v) is 20.2. The van der Waals surface area contributed by atoms with Crippen LogP contribution in [-0.2, 0) is 19.6 Å². The first-order chi connectivity index (χ1) is 16.8. The Morgan fingerprint density at radius 1 is 1.17 bits per heavy atom. The van der Waals surface area contributed by atoms with Crippen LogP contribution in [0.25, 0.3) is 0 Å². The molecule has 0 saturated carbocycles. The highest BCUT2D eigenvalue weighted by Crippen LogP contribution is 2.27. The zero-order chi connectivity index (χ0) is 25.4. The zero-order valence-electron chi connectivity index (χ0n) is 19.3. The first-order valence-corrected chi connectivity index (χ1v) is 12.6. The number of sulfonamides is 1. The van der Waals surface area contributed by atoms with E-state index in [9.17, 15) is 27.6 Å². The van der Waals surface area contributed by atoms with Crippen LogP contribution in [0.3, 0.4) is 0 Å². The van der Waals surface area contributed by atoms with Crippen LogP contribution >= 0.6 is 0 Å². The highest BCUT2D eigenvalue weighted by Gasteiger charge is 2.37. The van der Waals surface area contributed by atoms with Gasteiger partial charge in [-0.25, -0.2) is 12.8 Å². The minimum Gasteiger partial charge on any atom is -0.497 e. The first-order valence-electron chi connectivity index (χ1n) is 11.2. The Labute approximate surface area is 204 Å². The van der Waals surface area contributed by atoms with Gasteiger partial charge in [-0.05, 0) is 61.2 Å². The molecule has 0 aromatic heterocycles. The largest absolute Gasteiger partial charge is 0.497 e. The van der Waals surface area contributed by atoms with Crippen LogP contribution in [0.2, 0.25) is 0 Å². The van der Waals surface area contributed by atoms with Gasteiger partial charge >= 0.3 is 0 Å². The van der Waals surface area contributed by atoms with Gasteiger partial charge in [0.25, 0.3) is 0 Å². The van der Waals surface area contributed by atoms with E-state index in [0.717, 1.165) is 29.3 Å². The fraction of sp³-hybridized carbons (Fsp3) is 0.375. The molecule has 11 heteroatoms. The van der Waals surface area contributed by atoms with E-state index in [1.807, 2.05) is 5.48 Å². The highest BCUT2D eigenvalue weighted by atomic mass is 32.2. The number of carbonyl (C=O) groups is 2. The Kier molecular flexibility index (Phi) is 9.33. The number of hydroxylamine groups is 1. The summed E-state index contributed by atoms with van der Waals surface area (Å²) < 4.78 is 46.7. The number of piperidine rings is 1. The fourth-order valence-electron chi connectivity index (χ4n) is 4.00. The molecular formula is C24H29FN3O6S. The highest BCUT2D eigenvalue weighted by molar-refractivity contribution is 7.89. The molecule has 9 nitrogen and oxygen atoms in total. The maximum atomic E-state index is 13.7. The molecule has 1 heterocycles. The first kappa shape index (κ1) is 26.7. The molecule has 2 aromatic rings. The lowest BCUT2D eigenvalue weighted by Crippen LogP contribution is -2.52. The summed E-state index contributed by atoms with van der Waals surface area (Å²) in [5.41, 5.74) is 2.23. The normalized spacial score (nSPS) is 16.1. The molecule has 3 rings (SSSR count). The molecule has 2 unspecified atom stereocenters. The number of amides is 1. The average molecular weight is 507 g/mol. The third-order valence-electron chi connectivity index (χ3n) is 5.96. The second-order valence-electron chi connectivity index (χ2n) is 8.08. The van der Waals surface area contributed by atoms with E-state index < -0.39 is 27.9 Å². The Balaban J connectivity index is 1.96. The Bertz CT molecular complexity index is 1090. The molecule has 1 aliphatic heterocycles. The molecule has 1 saturated heterocycles. The molecular weight excluding hydrogens is 477 g/mol. The molecule has 0 spiro atoms. The molecule has 1 amide bonds. The molecule has 2 N–H and O–H groups in total. The quantitative estimate of drug-likeness (QED) is 0.273. The monoisotopic (exact) mass is 506 g/mol. The van der Waals surface area contributed by atoms with Gasteiger partial charge in [0.1, 0.15) is 24.0 Å². The molecule has 2 atom stereocenters. The van der Waals surface area contributed by atoms with Crippen molar-refractivity contribution >= 4 is 22.2 Å². The number of hydrogen-bond donors (Lipinski definition) is 2. The van der Waals surface area contributed by atoms with Crippen molar-refractivity contribution in [2.24, 2.45) is 0 Å². The molecule has 1 radical (unpaired) electrons. The number of halogens is 1. The van der Waals surface area contributed by atoms with E-state index in [4.69, 9.17) is 4.74 Å². The second kappa shape index (κ2) is 12.2. The van der Waals surface area contributed by atoms with Crippen LogP contribution in [-0.4, -0.2) is 67.9 Å². The molecule has 1 fully saturated rings. The topological polar surface area (TPSA) is 116 Å². The van der Waals surface area contributed by atoms with Crippen LogP contribution in [0.4, 0.5) is 4.39 Å². The number of methoxy groups -OCH3 is 1. The smallest absolute Gasteiger partial charge is 0.244 e. The van der Waals surface area contributed by atoms with Gasteiger partial charge in [-0.3, -0.25) is 4.79 Å². The number of ether oxygens (including phenoxy) is 1. The second-order valence-corrected chi connectivity index (χ2v) is 9.97. The third-order valence-corrected chi connectivity index (χ3v) is 7.85. The molecule has 0 bridgehead atoms. The van der Waals surface area contributed by atoms with Gasteiger partial charge in [-0.2, -0.15) is 9.79 Å². The average Bonchev–Trinajstić information content (AvgIpc) is 2.89. The summed E-state index contributed by atoms with van der Waals surface area (Å²) in [6.45, 7) is 0.813. The van der Waals surface area contributed by atoms with Crippen LogP contribution < -0.4 is 10.2 Å². The summed E-state index contributed by atoms with van der Waals surface area (Å²) in [5, 5.41) is 10.0. The Hall–Kier alpha value is -2.86. The Morgan fingerprint density at radius 3 is 2.34 bits per heavy atom. The maximum absolute atomic E-state index is 13.7. The Morgan fingerprint density at radius 2 is 1.80 bits per heavy atom. The standard InChI is InChI=1S/C24H29FN3O6S/c1-34-20-9-11-21(12-10-20)35(32,33)28(16-13-23(30)27-14-3-2-4-15-27)24(26-31)22(17-29)18-5-7-19(25)8-6-18/h2,5-12,17,22,24,26,31H,3-4,13-16H2,1H3. The van der Waals surface area contributed by atoms with Gasteiger partial charge in [-0.15, -0.1) is 0 Å². The van der Waals surface area contributed by atoms with Crippen LogP contribution in [0.1, 0.15) is 30.7 Å². The number of likely N-dealkylation sites (tertiary alicyclic amines) is 1. The lowest BCUT2D eigenvalue weighted by molar-refractivity contribution is -0.132. The number of carbonyl (C=O) groups excluding carboxylic acids is 2. The number of hydrogen-bond acceptors (Lipinski definition) is 7. The van der Waals surface area contributed by atoms with Gasteiger partial charge in [-0.1, -0.05) is 12.1 Å². The molecule has 2 aromatic carbocycles. The number of benzene rings is 2. The molecule has 189 valence electrons. The van der Waals surface area contributed by atoms with Gasteiger partial charge < -0.3 is 19.6 Å². The van der Waals surface area contributed by atoms with E-state index in [0.29, 0.717) is 30.7 Å². The lowest BCUT2D eigenvalue weighted by atomic mass is 9.97. The van der Waals surface area contributed by atoms with Crippen molar-refractivity contribution in [2.45, 2.75) is 36.2 Å². The number of nitrogens with one attached hydrogen (secondary N) is 1. The predicted octanol–water partition coefficient (Wildman–Crippen LogP) is 2.33. The van der Waals surface area contributed by atoms with Crippen molar-refractivity contribution in [1.29, 1.82) is 0 Å². The van der Waals surface area contributed by atoms with E-state index in [-0.39, 0.29) is 23.8 Å². The summed E-state index contributed by atoms with van der Waals surface area (Å²) in [5.74, 6) is -1.50. The maximum Gasteiger partial charge on any atom is 0.244 e. The SMILES string of the molecule is COc1ccc(S(=O)(=O)N(CCC(=O)N2CC[CH]CC2)C(NO)C(C=O)c2ccc(F)cc2)cc1. The summed E-state index contributed by atoms with van der Waals surface area (Å²) in [6.07, 6.45) is 2.49. The minimum absolute atomic E-state index is 0.109. The molecule has 0 aliphatic carbocycles. The number of nitrogens with zero attached hydrogens (tertiary/aromatic N) is 2. The molecule has 1 aliphatic rings. The van der Waals surface area contributed by atoms with Crippen molar-refractivity contribution in [2.75, 3.05) is 26.7 Å². The number of aldehydes is 1. The van der Waals surface area contributed by atoms with E-state index >= 15 is 0 Å². The van der Waals surface area contributed by atoms with E-state index in [1.165, 1.54) is 43.5 Å².